The smallest absolute Gasteiger partial charge is 0.225 e. The summed E-state index contributed by atoms with van der Waals surface area (Å²) < 4.78 is 0. The SMILES string of the molecule is Cc1ccc(Cl)cc1NC(=O)CCNCCc1c[nH]c2ccccc12. The normalized spacial score (nSPS) is 11.0. The summed E-state index contributed by atoms with van der Waals surface area (Å²) in [7, 11) is 0. The first kappa shape index (κ1) is 17.5. The van der Waals surface area contributed by atoms with Crippen molar-refractivity contribution >= 4 is 34.1 Å². The largest absolute Gasteiger partial charge is 0.361 e. The van der Waals surface area contributed by atoms with Crippen molar-refractivity contribution < 1.29 is 4.79 Å². The molecule has 0 saturated heterocycles. The molecule has 0 aliphatic carbocycles. The van der Waals surface area contributed by atoms with E-state index in [4.69, 9.17) is 11.6 Å². The molecule has 3 N–H and O–H groups in total. The Hall–Kier alpha value is -2.30. The van der Waals surface area contributed by atoms with Gasteiger partial charge in [-0.2, -0.15) is 0 Å². The highest BCUT2D eigenvalue weighted by Crippen LogP contribution is 2.20. The highest BCUT2D eigenvalue weighted by atomic mass is 35.5. The van der Waals surface area contributed by atoms with Crippen LogP contribution in [0.5, 0.6) is 0 Å². The fourth-order valence-corrected chi connectivity index (χ4v) is 3.00. The molecule has 2 aromatic carbocycles. The van der Waals surface area contributed by atoms with Gasteiger partial charge in [-0.25, -0.2) is 0 Å². The second kappa shape index (κ2) is 8.19. The van der Waals surface area contributed by atoms with E-state index < -0.39 is 0 Å². The van der Waals surface area contributed by atoms with Gasteiger partial charge in [0.1, 0.15) is 0 Å². The van der Waals surface area contributed by atoms with Crippen LogP contribution in [0, 0.1) is 6.92 Å². The van der Waals surface area contributed by atoms with Gasteiger partial charge in [0.2, 0.25) is 5.91 Å². The Morgan fingerprint density at radius 1 is 1.16 bits per heavy atom. The number of hydrogen-bond donors (Lipinski definition) is 3. The summed E-state index contributed by atoms with van der Waals surface area (Å²) in [5.41, 5.74) is 4.23. The maximum atomic E-state index is 12.0. The molecule has 1 heterocycles. The summed E-state index contributed by atoms with van der Waals surface area (Å²) in [6, 6.07) is 13.8. The zero-order valence-corrected chi connectivity index (χ0v) is 15.0. The van der Waals surface area contributed by atoms with Crippen molar-refractivity contribution in [2.45, 2.75) is 19.8 Å². The van der Waals surface area contributed by atoms with Gasteiger partial charge < -0.3 is 15.6 Å². The number of aromatic amines is 1. The standard InChI is InChI=1S/C20H22ClN3O/c1-14-6-7-16(21)12-19(14)24-20(25)9-11-22-10-8-15-13-23-18-5-3-2-4-17(15)18/h2-7,12-13,22-23H,8-11H2,1H3,(H,24,25). The minimum absolute atomic E-state index is 0.00930. The van der Waals surface area contributed by atoms with E-state index in [-0.39, 0.29) is 5.91 Å². The van der Waals surface area contributed by atoms with Crippen LogP contribution in [0.3, 0.4) is 0 Å². The molecular formula is C20H22ClN3O. The lowest BCUT2D eigenvalue weighted by molar-refractivity contribution is -0.116. The van der Waals surface area contributed by atoms with Crippen LogP contribution >= 0.6 is 11.6 Å². The van der Waals surface area contributed by atoms with Gasteiger partial charge in [-0.05, 0) is 49.2 Å². The van der Waals surface area contributed by atoms with Crippen molar-refractivity contribution in [2.24, 2.45) is 0 Å². The fourth-order valence-electron chi connectivity index (χ4n) is 2.83. The van der Waals surface area contributed by atoms with Crippen molar-refractivity contribution in [1.29, 1.82) is 0 Å². The molecule has 130 valence electrons. The van der Waals surface area contributed by atoms with Crippen LogP contribution in [0.1, 0.15) is 17.5 Å². The topological polar surface area (TPSA) is 56.9 Å². The van der Waals surface area contributed by atoms with Crippen molar-refractivity contribution in [3.05, 3.63) is 64.8 Å². The van der Waals surface area contributed by atoms with Gasteiger partial charge in [0.25, 0.3) is 0 Å². The van der Waals surface area contributed by atoms with E-state index in [0.717, 1.165) is 29.7 Å². The lowest BCUT2D eigenvalue weighted by Crippen LogP contribution is -2.23. The van der Waals surface area contributed by atoms with Crippen LogP contribution in [0.4, 0.5) is 5.69 Å². The second-order valence-corrected chi connectivity index (χ2v) is 6.55. The molecule has 3 rings (SSSR count). The first-order valence-corrected chi connectivity index (χ1v) is 8.83. The van der Waals surface area contributed by atoms with Crippen LogP contribution in [-0.2, 0) is 11.2 Å². The van der Waals surface area contributed by atoms with Crippen LogP contribution in [0.15, 0.2) is 48.7 Å². The monoisotopic (exact) mass is 355 g/mol. The van der Waals surface area contributed by atoms with Gasteiger partial charge in [-0.3, -0.25) is 4.79 Å². The molecule has 0 spiro atoms. The van der Waals surface area contributed by atoms with Gasteiger partial charge in [-0.1, -0.05) is 35.9 Å². The Bertz CT molecular complexity index is 872. The molecule has 0 saturated carbocycles. The first-order chi connectivity index (χ1) is 12.1. The summed E-state index contributed by atoms with van der Waals surface area (Å²) in [4.78, 5) is 15.3. The zero-order chi connectivity index (χ0) is 17.6. The van der Waals surface area contributed by atoms with Gasteiger partial charge in [-0.15, -0.1) is 0 Å². The van der Waals surface area contributed by atoms with Crippen LogP contribution in [0.2, 0.25) is 5.02 Å². The lowest BCUT2D eigenvalue weighted by Gasteiger charge is -2.09. The molecule has 0 aliphatic heterocycles. The van der Waals surface area contributed by atoms with E-state index >= 15 is 0 Å². The highest BCUT2D eigenvalue weighted by molar-refractivity contribution is 6.31. The van der Waals surface area contributed by atoms with E-state index in [0.29, 0.717) is 18.0 Å². The van der Waals surface area contributed by atoms with E-state index in [9.17, 15) is 4.79 Å². The van der Waals surface area contributed by atoms with E-state index in [1.165, 1.54) is 10.9 Å². The number of rotatable bonds is 7. The lowest BCUT2D eigenvalue weighted by atomic mass is 10.1. The number of benzene rings is 2. The minimum atomic E-state index is -0.00930. The molecule has 0 aliphatic rings. The third kappa shape index (κ3) is 4.62. The molecule has 0 bridgehead atoms. The Balaban J connectivity index is 1.41. The summed E-state index contributed by atoms with van der Waals surface area (Å²) in [5, 5.41) is 8.13. The molecule has 0 fully saturated rings. The molecular weight excluding hydrogens is 334 g/mol. The Morgan fingerprint density at radius 2 is 2.00 bits per heavy atom. The maximum absolute atomic E-state index is 12.0. The quantitative estimate of drug-likeness (QED) is 0.554. The van der Waals surface area contributed by atoms with E-state index in [1.54, 1.807) is 6.07 Å². The highest BCUT2D eigenvalue weighted by Gasteiger charge is 2.06. The Kier molecular flexibility index (Phi) is 5.74. The number of H-pyrrole nitrogens is 1. The summed E-state index contributed by atoms with van der Waals surface area (Å²) >= 11 is 5.97. The summed E-state index contributed by atoms with van der Waals surface area (Å²) in [6.07, 6.45) is 3.42. The number of hydrogen-bond acceptors (Lipinski definition) is 2. The van der Waals surface area contributed by atoms with Crippen LogP contribution in [-0.4, -0.2) is 24.0 Å². The van der Waals surface area contributed by atoms with Crippen molar-refractivity contribution in [3.63, 3.8) is 0 Å². The predicted octanol–water partition coefficient (Wildman–Crippen LogP) is 4.29. The number of aromatic nitrogens is 1. The Labute approximate surface area is 152 Å². The molecule has 0 radical (unpaired) electrons. The number of anilines is 1. The van der Waals surface area contributed by atoms with Crippen molar-refractivity contribution in [3.8, 4) is 0 Å². The fraction of sp³-hybridized carbons (Fsp3) is 0.250. The van der Waals surface area contributed by atoms with Gasteiger partial charge in [0.05, 0.1) is 0 Å². The number of carbonyl (C=O) groups is 1. The first-order valence-electron chi connectivity index (χ1n) is 8.45. The number of aryl methyl sites for hydroxylation is 1. The van der Waals surface area contributed by atoms with Crippen molar-refractivity contribution in [1.82, 2.24) is 10.3 Å². The molecule has 1 amide bonds. The number of halogens is 1. The summed E-state index contributed by atoms with van der Waals surface area (Å²) in [6.45, 7) is 3.44. The minimum Gasteiger partial charge on any atom is -0.361 e. The van der Waals surface area contributed by atoms with Crippen LogP contribution in [0.25, 0.3) is 10.9 Å². The average molecular weight is 356 g/mol. The van der Waals surface area contributed by atoms with Crippen LogP contribution < -0.4 is 10.6 Å². The molecule has 1 aromatic heterocycles. The number of para-hydroxylation sites is 1. The molecule has 0 unspecified atom stereocenters. The molecule has 5 heteroatoms. The van der Waals surface area contributed by atoms with Gasteiger partial charge in [0.15, 0.2) is 0 Å². The maximum Gasteiger partial charge on any atom is 0.225 e. The van der Waals surface area contributed by atoms with Crippen molar-refractivity contribution in [2.75, 3.05) is 18.4 Å². The van der Waals surface area contributed by atoms with Gasteiger partial charge in [0, 0.05) is 40.8 Å². The van der Waals surface area contributed by atoms with E-state index in [1.807, 2.05) is 25.1 Å². The zero-order valence-electron chi connectivity index (χ0n) is 14.2. The number of carbonyl (C=O) groups excluding carboxylic acids is 1. The average Bonchev–Trinajstić information content (AvgIpc) is 3.01. The third-order valence-electron chi connectivity index (χ3n) is 4.25. The number of fused-ring (bicyclic) bond motifs is 1. The van der Waals surface area contributed by atoms with Gasteiger partial charge >= 0.3 is 0 Å². The predicted molar refractivity (Wildman–Crippen MR) is 104 cm³/mol. The molecule has 3 aromatic rings. The number of amides is 1. The second-order valence-electron chi connectivity index (χ2n) is 6.12. The molecule has 0 atom stereocenters. The summed E-state index contributed by atoms with van der Waals surface area (Å²) in [5.74, 6) is -0.00930. The number of nitrogens with one attached hydrogen (secondary N) is 3. The Morgan fingerprint density at radius 3 is 2.88 bits per heavy atom. The molecule has 25 heavy (non-hydrogen) atoms. The van der Waals surface area contributed by atoms with E-state index in [2.05, 4.69) is 40.0 Å². The molecule has 4 nitrogen and oxygen atoms in total. The third-order valence-corrected chi connectivity index (χ3v) is 4.48.